The number of rotatable bonds is 7. The number of aromatic nitrogens is 3. The third-order valence-electron chi connectivity index (χ3n) is 3.54. The van der Waals surface area contributed by atoms with E-state index in [1.807, 2.05) is 12.1 Å². The van der Waals surface area contributed by atoms with E-state index in [0.717, 1.165) is 5.56 Å². The van der Waals surface area contributed by atoms with Crippen molar-refractivity contribution in [1.82, 2.24) is 15.0 Å². The van der Waals surface area contributed by atoms with Gasteiger partial charge in [0.1, 0.15) is 11.6 Å². The Labute approximate surface area is 155 Å². The van der Waals surface area contributed by atoms with Crippen molar-refractivity contribution in [2.75, 3.05) is 23.8 Å². The minimum absolute atomic E-state index is 0.0632. The molecule has 4 N–H and O–H groups in total. The topological polar surface area (TPSA) is 103 Å². The summed E-state index contributed by atoms with van der Waals surface area (Å²) in [6.07, 6.45) is 3.96. The molecule has 2 heterocycles. The van der Waals surface area contributed by atoms with Crippen LogP contribution in [-0.2, 0) is 0 Å². The zero-order chi connectivity index (χ0) is 18.4. The normalized spacial score (nSPS) is 10.5. The number of nitrogens with zero attached hydrogens (tertiary/aromatic N) is 3. The van der Waals surface area contributed by atoms with Gasteiger partial charge < -0.3 is 20.8 Å². The number of phenols is 1. The first-order valence-corrected chi connectivity index (χ1v) is 8.43. The van der Waals surface area contributed by atoms with Gasteiger partial charge in [-0.2, -0.15) is 4.98 Å². The number of nitrogens with one attached hydrogen (secondary N) is 2. The fraction of sp³-hybridized carbons (Fsp3) is 0.167. The van der Waals surface area contributed by atoms with E-state index in [4.69, 9.17) is 16.7 Å². The molecule has 7 nitrogen and oxygen atoms in total. The molecule has 8 heteroatoms. The number of anilines is 3. The van der Waals surface area contributed by atoms with E-state index in [0.29, 0.717) is 41.1 Å². The number of hydrogen-bond donors (Lipinski definition) is 4. The second-order valence-corrected chi connectivity index (χ2v) is 5.92. The van der Waals surface area contributed by atoms with Crippen LogP contribution in [0.3, 0.4) is 0 Å². The molecule has 0 aliphatic rings. The van der Waals surface area contributed by atoms with E-state index < -0.39 is 0 Å². The summed E-state index contributed by atoms with van der Waals surface area (Å²) in [6, 6.07) is 10.2. The highest BCUT2D eigenvalue weighted by Gasteiger charge is 2.09. The molecule has 0 amide bonds. The lowest BCUT2D eigenvalue weighted by atomic mass is 10.2. The molecule has 0 saturated heterocycles. The second kappa shape index (κ2) is 8.46. The number of pyridine rings is 1. The van der Waals surface area contributed by atoms with Crippen LogP contribution < -0.4 is 10.6 Å². The van der Waals surface area contributed by atoms with Crippen LogP contribution in [0.4, 0.5) is 17.5 Å². The maximum absolute atomic E-state index is 10.0. The molecule has 0 unspecified atom stereocenters. The van der Waals surface area contributed by atoms with Gasteiger partial charge >= 0.3 is 0 Å². The molecule has 0 saturated carbocycles. The Morgan fingerprint density at radius 2 is 1.85 bits per heavy atom. The lowest BCUT2D eigenvalue weighted by Gasteiger charge is -2.12. The van der Waals surface area contributed by atoms with Crippen molar-refractivity contribution in [2.45, 2.75) is 6.42 Å². The van der Waals surface area contributed by atoms with Crippen molar-refractivity contribution >= 4 is 29.1 Å². The maximum Gasteiger partial charge on any atom is 0.225 e. The molecule has 1 aromatic carbocycles. The average Bonchev–Trinajstić information content (AvgIpc) is 2.65. The van der Waals surface area contributed by atoms with Gasteiger partial charge in [0.05, 0.1) is 11.4 Å². The summed E-state index contributed by atoms with van der Waals surface area (Å²) in [5.41, 5.74) is 2.02. The van der Waals surface area contributed by atoms with Gasteiger partial charge in [-0.1, -0.05) is 11.6 Å². The molecule has 0 bridgehead atoms. The first-order valence-electron chi connectivity index (χ1n) is 8.05. The molecule has 3 aromatic rings. The molecule has 0 spiro atoms. The molecule has 134 valence electrons. The summed E-state index contributed by atoms with van der Waals surface area (Å²) in [5.74, 6) is 0.973. The van der Waals surface area contributed by atoms with Crippen molar-refractivity contribution in [3.63, 3.8) is 0 Å². The number of benzene rings is 1. The van der Waals surface area contributed by atoms with Gasteiger partial charge in [0.25, 0.3) is 0 Å². The molecule has 2 aromatic heterocycles. The third kappa shape index (κ3) is 4.59. The quantitative estimate of drug-likeness (QED) is 0.372. The van der Waals surface area contributed by atoms with Gasteiger partial charge in [0, 0.05) is 42.2 Å². The third-order valence-corrected chi connectivity index (χ3v) is 3.78. The minimum atomic E-state index is 0.0632. The number of aliphatic hydroxyl groups is 1. The van der Waals surface area contributed by atoms with E-state index in [1.165, 1.54) is 6.07 Å². The van der Waals surface area contributed by atoms with Crippen molar-refractivity contribution in [3.05, 3.63) is 53.8 Å². The molecule has 3 rings (SSSR count). The van der Waals surface area contributed by atoms with Crippen LogP contribution in [0.1, 0.15) is 6.42 Å². The predicted octanol–water partition coefficient (Wildman–Crippen LogP) is 3.44. The Bertz CT molecular complexity index is 877. The van der Waals surface area contributed by atoms with Crippen LogP contribution in [0.2, 0.25) is 5.02 Å². The SMILES string of the molecule is OCCCNc1nc(Nc2cc(Cl)ccc2O)cc(-c2ccncc2)n1. The zero-order valence-electron chi connectivity index (χ0n) is 13.9. The Balaban J connectivity index is 1.95. The predicted molar refractivity (Wildman–Crippen MR) is 102 cm³/mol. The summed E-state index contributed by atoms with van der Waals surface area (Å²) in [5, 5.41) is 25.6. The monoisotopic (exact) mass is 371 g/mol. The summed E-state index contributed by atoms with van der Waals surface area (Å²) in [4.78, 5) is 12.9. The van der Waals surface area contributed by atoms with Gasteiger partial charge in [-0.15, -0.1) is 0 Å². The van der Waals surface area contributed by atoms with Gasteiger partial charge in [-0.3, -0.25) is 4.98 Å². The van der Waals surface area contributed by atoms with Gasteiger partial charge in [0.2, 0.25) is 5.95 Å². The smallest absolute Gasteiger partial charge is 0.225 e. The van der Waals surface area contributed by atoms with Gasteiger partial charge in [-0.25, -0.2) is 4.98 Å². The standard InChI is InChI=1S/C18H18ClN5O2/c19-13-2-3-16(26)15(10-13)22-17-11-14(12-4-7-20-8-5-12)23-18(24-17)21-6-1-9-25/h2-5,7-8,10-11,25-26H,1,6,9H2,(H2,21,22,23,24). The van der Waals surface area contributed by atoms with Gasteiger partial charge in [0.15, 0.2) is 0 Å². The number of halogens is 1. The van der Waals surface area contributed by atoms with Crippen LogP contribution in [0.15, 0.2) is 48.8 Å². The number of hydrogen-bond acceptors (Lipinski definition) is 7. The fourth-order valence-electron chi connectivity index (χ4n) is 2.29. The van der Waals surface area contributed by atoms with E-state index in [2.05, 4.69) is 25.6 Å². The summed E-state index contributed by atoms with van der Waals surface area (Å²) < 4.78 is 0. The first-order chi connectivity index (χ1) is 12.7. The summed E-state index contributed by atoms with van der Waals surface area (Å²) >= 11 is 6.00. The lowest BCUT2D eigenvalue weighted by Crippen LogP contribution is -2.08. The Morgan fingerprint density at radius 3 is 2.62 bits per heavy atom. The fourth-order valence-corrected chi connectivity index (χ4v) is 2.46. The van der Waals surface area contributed by atoms with Crippen molar-refractivity contribution in [2.24, 2.45) is 0 Å². The van der Waals surface area contributed by atoms with Crippen LogP contribution in [0.25, 0.3) is 11.3 Å². The van der Waals surface area contributed by atoms with Crippen molar-refractivity contribution in [1.29, 1.82) is 0 Å². The minimum Gasteiger partial charge on any atom is -0.506 e. The summed E-state index contributed by atoms with van der Waals surface area (Å²) in [7, 11) is 0. The maximum atomic E-state index is 10.0. The van der Waals surface area contributed by atoms with Crippen molar-refractivity contribution in [3.8, 4) is 17.0 Å². The van der Waals surface area contributed by atoms with Crippen LogP contribution in [0, 0.1) is 0 Å². The van der Waals surface area contributed by atoms with E-state index in [1.54, 1.807) is 30.6 Å². The van der Waals surface area contributed by atoms with E-state index in [-0.39, 0.29) is 12.4 Å². The molecule has 0 aliphatic heterocycles. The Hall–Kier alpha value is -2.90. The Kier molecular flexibility index (Phi) is 5.83. The molecule has 0 radical (unpaired) electrons. The number of aliphatic hydroxyl groups excluding tert-OH is 1. The van der Waals surface area contributed by atoms with Gasteiger partial charge in [-0.05, 0) is 36.8 Å². The lowest BCUT2D eigenvalue weighted by molar-refractivity contribution is 0.292. The second-order valence-electron chi connectivity index (χ2n) is 5.49. The zero-order valence-corrected chi connectivity index (χ0v) is 14.6. The average molecular weight is 372 g/mol. The van der Waals surface area contributed by atoms with E-state index in [9.17, 15) is 5.11 Å². The molecular weight excluding hydrogens is 354 g/mol. The highest BCUT2D eigenvalue weighted by molar-refractivity contribution is 6.30. The molecule has 26 heavy (non-hydrogen) atoms. The largest absolute Gasteiger partial charge is 0.506 e. The molecule has 0 aliphatic carbocycles. The first kappa shape index (κ1) is 17.9. The molecule has 0 atom stereocenters. The van der Waals surface area contributed by atoms with E-state index >= 15 is 0 Å². The number of phenolic OH excluding ortho intramolecular Hbond substituents is 1. The summed E-state index contributed by atoms with van der Waals surface area (Å²) in [6.45, 7) is 0.622. The van der Waals surface area contributed by atoms with Crippen LogP contribution in [0.5, 0.6) is 5.75 Å². The highest BCUT2D eigenvalue weighted by Crippen LogP contribution is 2.30. The van der Waals surface area contributed by atoms with Crippen LogP contribution in [-0.4, -0.2) is 38.3 Å². The van der Waals surface area contributed by atoms with Crippen molar-refractivity contribution < 1.29 is 10.2 Å². The molecular formula is C18H18ClN5O2. The van der Waals surface area contributed by atoms with Crippen LogP contribution >= 0.6 is 11.6 Å². The highest BCUT2D eigenvalue weighted by atomic mass is 35.5. The number of aromatic hydroxyl groups is 1. The Morgan fingerprint density at radius 1 is 1.04 bits per heavy atom. The molecule has 0 fully saturated rings.